The Morgan fingerprint density at radius 2 is 2.07 bits per heavy atom. The van der Waals surface area contributed by atoms with E-state index in [0.29, 0.717) is 24.7 Å². The predicted octanol–water partition coefficient (Wildman–Crippen LogP) is 3.47. The van der Waals surface area contributed by atoms with Crippen molar-refractivity contribution in [2.45, 2.75) is 24.9 Å². The van der Waals surface area contributed by atoms with Crippen molar-refractivity contribution < 1.29 is 22.7 Å². The number of rotatable bonds is 2. The van der Waals surface area contributed by atoms with E-state index in [1.165, 1.54) is 11.0 Å². The van der Waals surface area contributed by atoms with Gasteiger partial charge in [0, 0.05) is 39.1 Å². The van der Waals surface area contributed by atoms with Gasteiger partial charge in [-0.1, -0.05) is 11.6 Å². The number of likely N-dealkylation sites (tertiary alicyclic amines) is 1. The molecule has 0 spiro atoms. The minimum absolute atomic E-state index is 0.0598. The highest BCUT2D eigenvalue weighted by Crippen LogP contribution is 2.36. The van der Waals surface area contributed by atoms with Crippen LogP contribution in [0, 0.1) is 0 Å². The molecule has 2 aliphatic rings. The van der Waals surface area contributed by atoms with Crippen LogP contribution >= 0.6 is 11.6 Å². The van der Waals surface area contributed by atoms with Crippen LogP contribution in [0.1, 0.15) is 21.5 Å². The monoisotopic (exact) mass is 411 g/mol. The summed E-state index contributed by atoms with van der Waals surface area (Å²) in [5, 5.41) is 0.560. The number of fused-ring (bicyclic) bond motifs is 2. The third kappa shape index (κ3) is 3.42. The van der Waals surface area contributed by atoms with Crippen molar-refractivity contribution in [1.29, 1.82) is 0 Å². The van der Waals surface area contributed by atoms with Crippen LogP contribution in [-0.2, 0) is 12.7 Å². The molecule has 0 saturated carbocycles. The van der Waals surface area contributed by atoms with Crippen molar-refractivity contribution in [2.24, 2.45) is 0 Å². The summed E-state index contributed by atoms with van der Waals surface area (Å²) in [5.74, 6) is -0.293. The van der Waals surface area contributed by atoms with Gasteiger partial charge in [0.15, 0.2) is 0 Å². The quantitative estimate of drug-likeness (QED) is 0.759. The first-order valence-corrected chi connectivity index (χ1v) is 9.07. The fraction of sp³-hybridized carbons (Fsp3) is 0.368. The number of pyridine rings is 1. The van der Waals surface area contributed by atoms with E-state index < -0.39 is 17.6 Å². The van der Waals surface area contributed by atoms with E-state index in [2.05, 4.69) is 9.88 Å². The number of nitrogens with zero attached hydrogens (tertiary/aromatic N) is 3. The number of amides is 1. The number of hydrogen-bond donors (Lipinski definition) is 0. The molecule has 0 aliphatic carbocycles. The lowest BCUT2D eigenvalue weighted by molar-refractivity contribution is -0.137. The molecule has 5 nitrogen and oxygen atoms in total. The second-order valence-electron chi connectivity index (χ2n) is 7.01. The number of benzene rings is 1. The molecular formula is C19H17ClF3N3O2. The van der Waals surface area contributed by atoms with Gasteiger partial charge in [-0.05, 0) is 29.8 Å². The number of carbonyl (C=O) groups excluding carboxylic acids is 1. The summed E-state index contributed by atoms with van der Waals surface area (Å²) in [6.45, 7) is 1.63. The lowest BCUT2D eigenvalue weighted by Gasteiger charge is -2.25. The van der Waals surface area contributed by atoms with Gasteiger partial charge in [-0.2, -0.15) is 13.2 Å². The van der Waals surface area contributed by atoms with Gasteiger partial charge >= 0.3 is 6.18 Å². The van der Waals surface area contributed by atoms with E-state index in [-0.39, 0.29) is 23.5 Å². The third-order valence-corrected chi connectivity index (χ3v) is 5.54. The van der Waals surface area contributed by atoms with E-state index in [0.717, 1.165) is 17.7 Å². The van der Waals surface area contributed by atoms with Gasteiger partial charge in [-0.15, -0.1) is 0 Å². The van der Waals surface area contributed by atoms with Crippen molar-refractivity contribution in [3.63, 3.8) is 0 Å². The average Bonchev–Trinajstić information content (AvgIpc) is 3.00. The van der Waals surface area contributed by atoms with Crippen molar-refractivity contribution in [3.8, 4) is 5.75 Å². The Kier molecular flexibility index (Phi) is 4.71. The Morgan fingerprint density at radius 3 is 2.79 bits per heavy atom. The zero-order valence-corrected chi connectivity index (χ0v) is 15.7. The molecule has 28 heavy (non-hydrogen) atoms. The van der Waals surface area contributed by atoms with Crippen LogP contribution in [0.3, 0.4) is 0 Å². The Bertz CT molecular complexity index is 922. The smallest absolute Gasteiger partial charge is 0.416 e. The molecule has 0 radical (unpaired) electrons. The zero-order chi connectivity index (χ0) is 20.1. The summed E-state index contributed by atoms with van der Waals surface area (Å²) >= 11 is 6.18. The van der Waals surface area contributed by atoms with Crippen LogP contribution in [0.4, 0.5) is 13.2 Å². The lowest BCUT2D eigenvalue weighted by Crippen LogP contribution is -2.44. The number of aromatic nitrogens is 1. The highest BCUT2D eigenvalue weighted by molar-refractivity contribution is 6.31. The topological polar surface area (TPSA) is 45.7 Å². The van der Waals surface area contributed by atoms with Crippen LogP contribution in [-0.4, -0.2) is 53.0 Å². The van der Waals surface area contributed by atoms with Gasteiger partial charge in [-0.25, -0.2) is 0 Å². The van der Waals surface area contributed by atoms with Gasteiger partial charge in [-0.3, -0.25) is 14.7 Å². The van der Waals surface area contributed by atoms with Gasteiger partial charge < -0.3 is 9.64 Å². The predicted molar refractivity (Wildman–Crippen MR) is 96.3 cm³/mol. The van der Waals surface area contributed by atoms with Crippen molar-refractivity contribution in [1.82, 2.24) is 14.8 Å². The highest BCUT2D eigenvalue weighted by atomic mass is 35.5. The van der Waals surface area contributed by atoms with E-state index in [9.17, 15) is 18.0 Å². The SMILES string of the molecule is CN1C(=O)c2cc(C(F)(F)F)ccc2OC2CN(Cc3ccncc3Cl)CC21. The van der Waals surface area contributed by atoms with E-state index >= 15 is 0 Å². The van der Waals surface area contributed by atoms with E-state index in [1.54, 1.807) is 19.4 Å². The number of likely N-dealkylation sites (N-methyl/N-ethyl adjacent to an activating group) is 1. The van der Waals surface area contributed by atoms with Gasteiger partial charge in [0.2, 0.25) is 0 Å². The summed E-state index contributed by atoms with van der Waals surface area (Å²) in [7, 11) is 1.60. The second-order valence-corrected chi connectivity index (χ2v) is 7.42. The summed E-state index contributed by atoms with van der Waals surface area (Å²) in [5.41, 5.74) is -0.00890. The maximum absolute atomic E-state index is 13.0. The van der Waals surface area contributed by atoms with Crippen LogP contribution < -0.4 is 4.74 Å². The van der Waals surface area contributed by atoms with Crippen molar-refractivity contribution in [3.05, 3.63) is 58.4 Å². The number of hydrogen-bond acceptors (Lipinski definition) is 4. The molecule has 3 heterocycles. The van der Waals surface area contributed by atoms with Crippen LogP contribution in [0.25, 0.3) is 0 Å². The van der Waals surface area contributed by atoms with Crippen molar-refractivity contribution in [2.75, 3.05) is 20.1 Å². The molecule has 0 N–H and O–H groups in total. The van der Waals surface area contributed by atoms with E-state index in [4.69, 9.17) is 16.3 Å². The van der Waals surface area contributed by atoms with Gasteiger partial charge in [0.25, 0.3) is 5.91 Å². The van der Waals surface area contributed by atoms with E-state index in [1.807, 2.05) is 6.07 Å². The molecule has 9 heteroatoms. The average molecular weight is 412 g/mol. The first-order valence-electron chi connectivity index (χ1n) is 8.70. The summed E-state index contributed by atoms with van der Waals surface area (Å²) in [6.07, 6.45) is -1.62. The largest absolute Gasteiger partial charge is 0.486 e. The fourth-order valence-corrected chi connectivity index (χ4v) is 3.88. The highest BCUT2D eigenvalue weighted by Gasteiger charge is 2.43. The molecule has 1 saturated heterocycles. The molecule has 1 aromatic carbocycles. The fourth-order valence-electron chi connectivity index (χ4n) is 3.70. The van der Waals surface area contributed by atoms with Crippen LogP contribution in [0.15, 0.2) is 36.7 Å². The third-order valence-electron chi connectivity index (χ3n) is 5.20. The Labute approximate surface area is 164 Å². The number of ether oxygens (including phenoxy) is 1. The Balaban J connectivity index is 1.59. The Hall–Kier alpha value is -2.32. The zero-order valence-electron chi connectivity index (χ0n) is 14.9. The maximum atomic E-state index is 13.0. The number of carbonyl (C=O) groups is 1. The first-order chi connectivity index (χ1) is 13.2. The van der Waals surface area contributed by atoms with Crippen LogP contribution in [0.5, 0.6) is 5.75 Å². The second kappa shape index (κ2) is 6.93. The molecule has 1 amide bonds. The molecule has 0 bridgehead atoms. The molecular weight excluding hydrogens is 395 g/mol. The number of alkyl halides is 3. The van der Waals surface area contributed by atoms with Crippen LogP contribution in [0.2, 0.25) is 5.02 Å². The summed E-state index contributed by atoms with van der Waals surface area (Å²) in [4.78, 5) is 20.4. The molecule has 2 atom stereocenters. The lowest BCUT2D eigenvalue weighted by atomic mass is 10.1. The Morgan fingerprint density at radius 1 is 1.29 bits per heavy atom. The number of halogens is 4. The molecule has 2 aliphatic heterocycles. The molecule has 1 fully saturated rings. The molecule has 1 aromatic heterocycles. The van der Waals surface area contributed by atoms with Crippen molar-refractivity contribution >= 4 is 17.5 Å². The minimum Gasteiger partial charge on any atom is -0.486 e. The molecule has 2 aromatic rings. The van der Waals surface area contributed by atoms with Gasteiger partial charge in [0.1, 0.15) is 11.9 Å². The standard InChI is InChI=1S/C19H17ClF3N3O2/c1-25-15-9-26(8-11-4-5-24-7-14(11)20)10-17(15)28-16-3-2-12(19(21,22)23)6-13(16)18(25)27/h2-7,15,17H,8-10H2,1H3. The van der Waals surface area contributed by atoms with Gasteiger partial charge in [0.05, 0.1) is 22.2 Å². The minimum atomic E-state index is -4.52. The molecule has 2 unspecified atom stereocenters. The molecule has 148 valence electrons. The summed E-state index contributed by atoms with van der Waals surface area (Å²) < 4.78 is 45.0. The molecule has 4 rings (SSSR count). The summed E-state index contributed by atoms with van der Waals surface area (Å²) in [6, 6.07) is 4.60. The maximum Gasteiger partial charge on any atom is 0.416 e. The normalized spacial score (nSPS) is 22.5. The first kappa shape index (κ1) is 19.0.